The van der Waals surface area contributed by atoms with Gasteiger partial charge in [0.1, 0.15) is 16.5 Å². The summed E-state index contributed by atoms with van der Waals surface area (Å²) >= 11 is 6.15. The fourth-order valence-corrected chi connectivity index (χ4v) is 4.83. The largest absolute Gasteiger partial charge is 0.322 e. The monoisotopic (exact) mass is 450 g/mol. The van der Waals surface area contributed by atoms with Gasteiger partial charge in [-0.15, -0.1) is 0 Å². The third-order valence-corrected chi connectivity index (χ3v) is 6.65. The Labute approximate surface area is 178 Å². The number of para-hydroxylation sites is 1. The van der Waals surface area contributed by atoms with E-state index in [4.69, 9.17) is 11.6 Å². The van der Waals surface area contributed by atoms with Gasteiger partial charge in [0.15, 0.2) is 0 Å². The molecule has 3 aromatic carbocycles. The molecule has 0 heterocycles. The molecule has 0 aliphatic heterocycles. The molecule has 0 fully saturated rings. The third-order valence-electron chi connectivity index (χ3n) is 4.26. The van der Waals surface area contributed by atoms with Crippen LogP contribution in [0, 0.1) is 11.6 Å². The van der Waals surface area contributed by atoms with Crippen molar-refractivity contribution in [1.82, 2.24) is 0 Å². The maximum atomic E-state index is 13.9. The number of nitrogens with zero attached hydrogens (tertiary/aromatic N) is 1. The first kappa shape index (κ1) is 21.7. The first-order valence-corrected chi connectivity index (χ1v) is 10.7. The van der Waals surface area contributed by atoms with E-state index in [1.165, 1.54) is 22.5 Å². The predicted octanol–water partition coefficient (Wildman–Crippen LogP) is 5.09. The summed E-state index contributed by atoms with van der Waals surface area (Å²) in [4.78, 5) is 12.1. The number of nitrogens with one attached hydrogen (secondary N) is 1. The maximum absolute atomic E-state index is 13.9. The summed E-state index contributed by atoms with van der Waals surface area (Å²) in [5.74, 6) is -2.70. The van der Waals surface area contributed by atoms with Crippen LogP contribution in [0.3, 0.4) is 0 Å². The molecule has 0 saturated heterocycles. The summed E-state index contributed by atoms with van der Waals surface area (Å²) in [7, 11) is -4.05. The highest BCUT2D eigenvalue weighted by Gasteiger charge is 2.26. The maximum Gasteiger partial charge on any atom is 0.265 e. The van der Waals surface area contributed by atoms with Gasteiger partial charge in [0.25, 0.3) is 15.9 Å². The van der Waals surface area contributed by atoms with Gasteiger partial charge in [-0.1, -0.05) is 29.8 Å². The first-order valence-electron chi connectivity index (χ1n) is 8.87. The van der Waals surface area contributed by atoms with E-state index in [0.29, 0.717) is 11.8 Å². The van der Waals surface area contributed by atoms with Crippen LogP contribution in [0.25, 0.3) is 0 Å². The molecule has 0 unspecified atom stereocenters. The molecule has 156 valence electrons. The highest BCUT2D eigenvalue weighted by molar-refractivity contribution is 7.93. The quantitative estimate of drug-likeness (QED) is 0.569. The Bertz CT molecular complexity index is 1190. The predicted molar refractivity (Wildman–Crippen MR) is 112 cm³/mol. The molecule has 0 aliphatic carbocycles. The van der Waals surface area contributed by atoms with Gasteiger partial charge in [0, 0.05) is 18.3 Å². The molecular formula is C21H17ClF2N2O3S. The van der Waals surface area contributed by atoms with Crippen LogP contribution in [0.15, 0.2) is 71.6 Å². The van der Waals surface area contributed by atoms with E-state index in [1.54, 1.807) is 37.3 Å². The minimum absolute atomic E-state index is 0.0321. The number of hydrogen-bond acceptors (Lipinski definition) is 3. The van der Waals surface area contributed by atoms with Gasteiger partial charge in [-0.3, -0.25) is 9.10 Å². The van der Waals surface area contributed by atoms with Crippen LogP contribution in [-0.4, -0.2) is 20.9 Å². The van der Waals surface area contributed by atoms with Crippen molar-refractivity contribution < 1.29 is 22.0 Å². The lowest BCUT2D eigenvalue weighted by molar-refractivity contribution is 0.102. The van der Waals surface area contributed by atoms with Crippen molar-refractivity contribution in [2.45, 2.75) is 11.8 Å². The Kier molecular flexibility index (Phi) is 6.38. The number of hydrogen-bond donors (Lipinski definition) is 1. The molecule has 0 spiro atoms. The minimum atomic E-state index is -4.05. The molecule has 3 rings (SSSR count). The summed E-state index contributed by atoms with van der Waals surface area (Å²) in [6.45, 7) is 1.83. The van der Waals surface area contributed by atoms with Crippen molar-refractivity contribution in [2.75, 3.05) is 16.2 Å². The molecule has 9 heteroatoms. The van der Waals surface area contributed by atoms with E-state index in [9.17, 15) is 22.0 Å². The Morgan fingerprint density at radius 1 is 1.03 bits per heavy atom. The second-order valence-corrected chi connectivity index (χ2v) is 8.47. The molecular weight excluding hydrogens is 434 g/mol. The zero-order valence-corrected chi connectivity index (χ0v) is 17.3. The third kappa shape index (κ3) is 4.44. The van der Waals surface area contributed by atoms with Crippen molar-refractivity contribution in [3.63, 3.8) is 0 Å². The van der Waals surface area contributed by atoms with Crippen molar-refractivity contribution in [1.29, 1.82) is 0 Å². The number of benzene rings is 3. The van der Waals surface area contributed by atoms with E-state index in [1.807, 2.05) is 0 Å². The molecule has 0 saturated carbocycles. The van der Waals surface area contributed by atoms with Crippen LogP contribution in [0.4, 0.5) is 20.2 Å². The van der Waals surface area contributed by atoms with Crippen molar-refractivity contribution in [3.05, 3.63) is 89.0 Å². The summed E-state index contributed by atoms with van der Waals surface area (Å²) in [6, 6.07) is 14.9. The van der Waals surface area contributed by atoms with Crippen LogP contribution in [0.1, 0.15) is 17.3 Å². The van der Waals surface area contributed by atoms with E-state index in [-0.39, 0.29) is 27.7 Å². The first-order chi connectivity index (χ1) is 14.2. The average Bonchev–Trinajstić information content (AvgIpc) is 2.70. The summed E-state index contributed by atoms with van der Waals surface area (Å²) in [6.07, 6.45) is 0. The van der Waals surface area contributed by atoms with Gasteiger partial charge in [0.05, 0.1) is 16.3 Å². The Hall–Kier alpha value is -2.97. The van der Waals surface area contributed by atoms with Crippen LogP contribution < -0.4 is 9.62 Å². The van der Waals surface area contributed by atoms with Gasteiger partial charge in [-0.25, -0.2) is 17.2 Å². The molecule has 1 amide bonds. The topological polar surface area (TPSA) is 66.5 Å². The SMILES string of the molecule is CCN(c1ccccc1)S(=O)(=O)c1cc(NC(=O)c2ccc(F)cc2F)ccc1Cl. The van der Waals surface area contributed by atoms with Crippen molar-refractivity contribution in [3.8, 4) is 0 Å². The lowest BCUT2D eigenvalue weighted by atomic mass is 10.2. The Balaban J connectivity index is 1.95. The van der Waals surface area contributed by atoms with Gasteiger partial charge < -0.3 is 5.32 Å². The minimum Gasteiger partial charge on any atom is -0.322 e. The fourth-order valence-electron chi connectivity index (χ4n) is 2.86. The van der Waals surface area contributed by atoms with Crippen molar-refractivity contribution in [2.24, 2.45) is 0 Å². The summed E-state index contributed by atoms with van der Waals surface area (Å²) in [5.41, 5.74) is 0.171. The number of carbonyl (C=O) groups excluding carboxylic acids is 1. The lowest BCUT2D eigenvalue weighted by Crippen LogP contribution is -2.31. The zero-order valence-electron chi connectivity index (χ0n) is 15.8. The van der Waals surface area contributed by atoms with Gasteiger partial charge >= 0.3 is 0 Å². The molecule has 1 N–H and O–H groups in total. The molecule has 3 aromatic rings. The fraction of sp³-hybridized carbons (Fsp3) is 0.0952. The zero-order chi connectivity index (χ0) is 21.9. The van der Waals surface area contributed by atoms with Crippen LogP contribution >= 0.6 is 11.6 Å². The summed E-state index contributed by atoms with van der Waals surface area (Å²) < 4.78 is 54.5. The number of sulfonamides is 1. The van der Waals surface area contributed by atoms with E-state index in [0.717, 1.165) is 12.1 Å². The lowest BCUT2D eigenvalue weighted by Gasteiger charge is -2.23. The van der Waals surface area contributed by atoms with Gasteiger partial charge in [0.2, 0.25) is 0 Å². The number of carbonyl (C=O) groups is 1. The van der Waals surface area contributed by atoms with Crippen molar-refractivity contribution >= 4 is 38.9 Å². The summed E-state index contributed by atoms with van der Waals surface area (Å²) in [5, 5.41) is 2.38. The number of halogens is 3. The van der Waals surface area contributed by atoms with Crippen LogP contribution in [0.5, 0.6) is 0 Å². The van der Waals surface area contributed by atoms with E-state index < -0.39 is 27.6 Å². The molecule has 0 aliphatic rings. The number of rotatable bonds is 6. The van der Waals surface area contributed by atoms with Gasteiger partial charge in [-0.05, 0) is 49.4 Å². The molecule has 30 heavy (non-hydrogen) atoms. The standard InChI is InChI=1S/C21H17ClF2N2O3S/c1-2-26(16-6-4-3-5-7-16)30(28,29)20-13-15(9-11-18(20)22)25-21(27)17-10-8-14(23)12-19(17)24/h3-13H,2H2,1H3,(H,25,27). The Morgan fingerprint density at radius 2 is 1.73 bits per heavy atom. The highest BCUT2D eigenvalue weighted by Crippen LogP contribution is 2.30. The Morgan fingerprint density at radius 3 is 2.37 bits per heavy atom. The molecule has 0 bridgehead atoms. The van der Waals surface area contributed by atoms with Crippen LogP contribution in [-0.2, 0) is 10.0 Å². The molecule has 5 nitrogen and oxygen atoms in total. The second kappa shape index (κ2) is 8.81. The molecule has 0 radical (unpaired) electrons. The van der Waals surface area contributed by atoms with E-state index in [2.05, 4.69) is 5.32 Å². The number of anilines is 2. The second-order valence-electron chi connectivity index (χ2n) is 6.23. The molecule has 0 atom stereocenters. The highest BCUT2D eigenvalue weighted by atomic mass is 35.5. The van der Waals surface area contributed by atoms with E-state index >= 15 is 0 Å². The smallest absolute Gasteiger partial charge is 0.265 e. The molecule has 0 aromatic heterocycles. The normalized spacial score (nSPS) is 11.2. The van der Waals surface area contributed by atoms with Crippen LogP contribution in [0.2, 0.25) is 5.02 Å². The number of amides is 1. The average molecular weight is 451 g/mol. The van der Waals surface area contributed by atoms with Gasteiger partial charge in [-0.2, -0.15) is 0 Å².